The van der Waals surface area contributed by atoms with Crippen LogP contribution < -0.4 is 0 Å². The molecule has 0 aliphatic heterocycles. The summed E-state index contributed by atoms with van der Waals surface area (Å²) in [5, 5.41) is 8.66. The van der Waals surface area contributed by atoms with E-state index in [2.05, 4.69) is 0 Å². The summed E-state index contributed by atoms with van der Waals surface area (Å²) in [6.07, 6.45) is 2.47. The lowest BCUT2D eigenvalue weighted by Crippen LogP contribution is -1.99. The Hall–Kier alpha value is -2.10. The number of carbonyl (C=O) groups excluding carboxylic acids is 1. The van der Waals surface area contributed by atoms with Crippen molar-refractivity contribution < 1.29 is 19.4 Å². The van der Waals surface area contributed by atoms with Crippen LogP contribution in [0.2, 0.25) is 0 Å². The van der Waals surface area contributed by atoms with Crippen molar-refractivity contribution in [2.45, 2.75) is 26.7 Å². The Kier molecular flexibility index (Phi) is 5.79. The Morgan fingerprint density at radius 1 is 1.32 bits per heavy atom. The number of allylic oxidation sites excluding steroid dienone is 1. The predicted molar refractivity (Wildman–Crippen MR) is 72.7 cm³/mol. The molecule has 1 N–H and O–H groups in total. The highest BCUT2D eigenvalue weighted by atomic mass is 16.5. The number of benzene rings is 1. The second kappa shape index (κ2) is 7.36. The van der Waals surface area contributed by atoms with Gasteiger partial charge in [-0.05, 0) is 36.1 Å². The number of aliphatic carboxylic acids is 1. The monoisotopic (exact) mass is 262 g/mol. The lowest BCUT2D eigenvalue weighted by molar-refractivity contribution is -0.140. The third-order valence-corrected chi connectivity index (χ3v) is 2.69. The van der Waals surface area contributed by atoms with E-state index in [4.69, 9.17) is 9.84 Å². The van der Waals surface area contributed by atoms with Gasteiger partial charge in [-0.15, -0.1) is 0 Å². The van der Waals surface area contributed by atoms with Gasteiger partial charge in [-0.2, -0.15) is 0 Å². The number of hydrogen-bond acceptors (Lipinski definition) is 3. The molecule has 0 atom stereocenters. The Morgan fingerprint density at radius 2 is 2.05 bits per heavy atom. The molecule has 0 saturated heterocycles. The Balaban J connectivity index is 2.69. The molecule has 0 aliphatic rings. The van der Waals surface area contributed by atoms with Gasteiger partial charge in [0, 0.05) is 13.3 Å². The minimum absolute atomic E-state index is 0.125. The van der Waals surface area contributed by atoms with Crippen molar-refractivity contribution in [2.24, 2.45) is 0 Å². The number of hydrogen-bond donors (Lipinski definition) is 1. The lowest BCUT2D eigenvalue weighted by atomic mass is 10.0. The smallest absolute Gasteiger partial charge is 0.303 e. The van der Waals surface area contributed by atoms with E-state index in [9.17, 15) is 9.59 Å². The fourth-order valence-electron chi connectivity index (χ4n) is 1.63. The van der Waals surface area contributed by atoms with Crippen molar-refractivity contribution >= 4 is 17.5 Å². The molecule has 1 aromatic rings. The molecule has 0 radical (unpaired) electrons. The summed E-state index contributed by atoms with van der Waals surface area (Å²) in [6, 6.07) is 7.72. The molecule has 4 nitrogen and oxygen atoms in total. The largest absolute Gasteiger partial charge is 0.481 e. The van der Waals surface area contributed by atoms with Gasteiger partial charge in [0.25, 0.3) is 0 Å². The van der Waals surface area contributed by atoms with Gasteiger partial charge in [0.1, 0.15) is 6.61 Å². The number of aryl methyl sites for hydroxylation is 1. The predicted octanol–water partition coefficient (Wildman–Crippen LogP) is 2.67. The summed E-state index contributed by atoms with van der Waals surface area (Å²) < 4.78 is 4.85. The maximum atomic E-state index is 10.7. The molecule has 0 aromatic heterocycles. The first-order chi connectivity index (χ1) is 8.99. The molecule has 0 heterocycles. The van der Waals surface area contributed by atoms with Crippen LogP contribution in [0.25, 0.3) is 5.57 Å². The lowest BCUT2D eigenvalue weighted by Gasteiger charge is -2.05. The quantitative estimate of drug-likeness (QED) is 0.800. The van der Waals surface area contributed by atoms with Gasteiger partial charge < -0.3 is 9.84 Å². The highest BCUT2D eigenvalue weighted by molar-refractivity contribution is 5.68. The topological polar surface area (TPSA) is 63.6 Å². The summed E-state index contributed by atoms with van der Waals surface area (Å²) in [5.74, 6) is -1.10. The van der Waals surface area contributed by atoms with Crippen molar-refractivity contribution in [3.05, 3.63) is 41.5 Å². The van der Waals surface area contributed by atoms with Crippen molar-refractivity contribution in [3.8, 4) is 0 Å². The molecule has 19 heavy (non-hydrogen) atoms. The molecule has 0 unspecified atom stereocenters. The highest BCUT2D eigenvalue weighted by Gasteiger charge is 2.01. The zero-order valence-electron chi connectivity index (χ0n) is 11.2. The minimum atomic E-state index is -0.799. The van der Waals surface area contributed by atoms with Crippen LogP contribution in [0.3, 0.4) is 0 Å². The zero-order valence-corrected chi connectivity index (χ0v) is 11.2. The van der Waals surface area contributed by atoms with Gasteiger partial charge >= 0.3 is 11.9 Å². The summed E-state index contributed by atoms with van der Waals surface area (Å²) in [4.78, 5) is 21.2. The standard InChI is InChI=1S/C15H18O4/c1-11(8-9-19-12(2)16)14-5-3-4-13(10-14)6-7-15(17)18/h3-5,8,10H,6-7,9H2,1-2H3,(H,17,18). The second-order valence-corrected chi connectivity index (χ2v) is 4.28. The Bertz CT molecular complexity index is 489. The number of rotatable bonds is 6. The molecular formula is C15H18O4. The van der Waals surface area contributed by atoms with Gasteiger partial charge in [0.2, 0.25) is 0 Å². The van der Waals surface area contributed by atoms with Gasteiger partial charge in [-0.3, -0.25) is 9.59 Å². The maximum Gasteiger partial charge on any atom is 0.303 e. The molecular weight excluding hydrogens is 244 g/mol. The Morgan fingerprint density at radius 3 is 2.68 bits per heavy atom. The molecule has 4 heteroatoms. The molecule has 0 fully saturated rings. The Labute approximate surface area is 112 Å². The van der Waals surface area contributed by atoms with Crippen LogP contribution in [0.5, 0.6) is 0 Å². The van der Waals surface area contributed by atoms with Crippen molar-refractivity contribution in [3.63, 3.8) is 0 Å². The van der Waals surface area contributed by atoms with Crippen LogP contribution in [0, 0.1) is 0 Å². The normalized spacial score (nSPS) is 11.2. The summed E-state index contributed by atoms with van der Waals surface area (Å²) in [7, 11) is 0. The molecule has 1 rings (SSSR count). The average molecular weight is 262 g/mol. The van der Waals surface area contributed by atoms with E-state index in [1.807, 2.05) is 37.3 Å². The SMILES string of the molecule is CC(=O)OCC=C(C)c1cccc(CCC(=O)O)c1. The second-order valence-electron chi connectivity index (χ2n) is 4.28. The molecule has 102 valence electrons. The van der Waals surface area contributed by atoms with Crippen molar-refractivity contribution in [1.29, 1.82) is 0 Å². The van der Waals surface area contributed by atoms with Crippen LogP contribution >= 0.6 is 0 Å². The van der Waals surface area contributed by atoms with Gasteiger partial charge in [-0.1, -0.05) is 24.3 Å². The van der Waals surface area contributed by atoms with Crippen molar-refractivity contribution in [1.82, 2.24) is 0 Å². The van der Waals surface area contributed by atoms with E-state index in [1.165, 1.54) is 6.92 Å². The van der Waals surface area contributed by atoms with E-state index in [1.54, 1.807) is 0 Å². The molecule has 0 spiro atoms. The molecule has 0 bridgehead atoms. The van der Waals surface area contributed by atoms with Crippen LogP contribution in [0.1, 0.15) is 31.4 Å². The summed E-state index contributed by atoms with van der Waals surface area (Å²) >= 11 is 0. The van der Waals surface area contributed by atoms with Gasteiger partial charge in [0.05, 0.1) is 0 Å². The molecule has 0 aliphatic carbocycles. The zero-order chi connectivity index (χ0) is 14.3. The molecule has 0 saturated carbocycles. The van der Waals surface area contributed by atoms with E-state index in [-0.39, 0.29) is 19.0 Å². The van der Waals surface area contributed by atoms with E-state index in [0.29, 0.717) is 6.42 Å². The fourth-order valence-corrected chi connectivity index (χ4v) is 1.63. The van der Waals surface area contributed by atoms with E-state index >= 15 is 0 Å². The van der Waals surface area contributed by atoms with Crippen LogP contribution in [0.4, 0.5) is 0 Å². The summed E-state index contributed by atoms with van der Waals surface area (Å²) in [6.45, 7) is 3.55. The number of carboxylic acid groups (broad SMARTS) is 1. The van der Waals surface area contributed by atoms with E-state index in [0.717, 1.165) is 16.7 Å². The van der Waals surface area contributed by atoms with Gasteiger partial charge in [-0.25, -0.2) is 0 Å². The number of carboxylic acids is 1. The molecule has 0 amide bonds. The highest BCUT2D eigenvalue weighted by Crippen LogP contribution is 2.16. The number of ether oxygens (including phenoxy) is 1. The first-order valence-electron chi connectivity index (χ1n) is 6.10. The summed E-state index contributed by atoms with van der Waals surface area (Å²) in [5.41, 5.74) is 2.99. The van der Waals surface area contributed by atoms with Gasteiger partial charge in [0.15, 0.2) is 0 Å². The minimum Gasteiger partial charge on any atom is -0.481 e. The fraction of sp³-hybridized carbons (Fsp3) is 0.333. The number of carbonyl (C=O) groups is 2. The van der Waals surface area contributed by atoms with Crippen LogP contribution in [0.15, 0.2) is 30.3 Å². The third-order valence-electron chi connectivity index (χ3n) is 2.69. The van der Waals surface area contributed by atoms with E-state index < -0.39 is 5.97 Å². The maximum absolute atomic E-state index is 10.7. The average Bonchev–Trinajstić information content (AvgIpc) is 2.36. The first-order valence-corrected chi connectivity index (χ1v) is 6.10. The third kappa shape index (κ3) is 5.86. The number of esters is 1. The van der Waals surface area contributed by atoms with Crippen LogP contribution in [-0.2, 0) is 20.7 Å². The first kappa shape index (κ1) is 15.0. The van der Waals surface area contributed by atoms with Crippen LogP contribution in [-0.4, -0.2) is 23.7 Å². The van der Waals surface area contributed by atoms with Crippen molar-refractivity contribution in [2.75, 3.05) is 6.61 Å². The molecule has 1 aromatic carbocycles.